The molecule has 0 aromatic carbocycles. The van der Waals surface area contributed by atoms with Crippen molar-refractivity contribution in [3.8, 4) is 0 Å². The molecule has 2 heterocycles. The smallest absolute Gasteiger partial charge is 0.325 e. The van der Waals surface area contributed by atoms with E-state index in [0.717, 1.165) is 25.7 Å². The van der Waals surface area contributed by atoms with Gasteiger partial charge in [-0.1, -0.05) is 6.92 Å². The van der Waals surface area contributed by atoms with Crippen LogP contribution in [0.2, 0.25) is 0 Å². The molecule has 2 N–H and O–H groups in total. The van der Waals surface area contributed by atoms with Crippen LogP contribution in [0.25, 0.3) is 0 Å². The van der Waals surface area contributed by atoms with Gasteiger partial charge in [0.25, 0.3) is 0 Å². The van der Waals surface area contributed by atoms with Gasteiger partial charge in [0.15, 0.2) is 5.82 Å². The summed E-state index contributed by atoms with van der Waals surface area (Å²) in [6.07, 6.45) is 6.02. The fraction of sp³-hybridized carbons (Fsp3) is 0.647. The molecule has 1 atom stereocenters. The lowest BCUT2D eigenvalue weighted by Crippen LogP contribution is -2.39. The normalized spacial score (nSPS) is 26.7. The Morgan fingerprint density at radius 3 is 2.72 bits per heavy atom. The average molecular weight is 348 g/mol. The lowest BCUT2D eigenvalue weighted by atomic mass is 9.87. The topological polar surface area (TPSA) is 105 Å². The largest absolute Gasteiger partial charge is 0.480 e. The van der Waals surface area contributed by atoms with Crippen molar-refractivity contribution in [2.75, 3.05) is 11.9 Å². The highest BCUT2D eigenvalue weighted by molar-refractivity contribution is 5.96. The molecular formula is C17H24N4O4. The summed E-state index contributed by atoms with van der Waals surface area (Å²) in [5.41, 5.74) is 0. The van der Waals surface area contributed by atoms with Crippen LogP contribution in [0.15, 0.2) is 12.3 Å². The van der Waals surface area contributed by atoms with Crippen molar-refractivity contribution in [1.29, 1.82) is 0 Å². The van der Waals surface area contributed by atoms with Gasteiger partial charge in [-0.25, -0.2) is 0 Å². The van der Waals surface area contributed by atoms with E-state index < -0.39 is 5.97 Å². The van der Waals surface area contributed by atoms with E-state index >= 15 is 0 Å². The highest BCUT2D eigenvalue weighted by atomic mass is 16.4. The Morgan fingerprint density at radius 2 is 2.04 bits per heavy atom. The number of anilines is 1. The molecule has 0 unspecified atom stereocenters. The van der Waals surface area contributed by atoms with Gasteiger partial charge >= 0.3 is 5.97 Å². The van der Waals surface area contributed by atoms with Crippen molar-refractivity contribution < 1.29 is 19.5 Å². The number of aliphatic carboxylic acids is 1. The Bertz CT molecular complexity index is 663. The van der Waals surface area contributed by atoms with Gasteiger partial charge in [-0.2, -0.15) is 5.10 Å². The van der Waals surface area contributed by atoms with Crippen LogP contribution in [-0.2, 0) is 20.9 Å². The van der Waals surface area contributed by atoms with E-state index in [2.05, 4.69) is 17.3 Å². The molecule has 2 fully saturated rings. The summed E-state index contributed by atoms with van der Waals surface area (Å²) in [5.74, 6) is -0.536. The first kappa shape index (κ1) is 17.4. The molecule has 136 valence electrons. The van der Waals surface area contributed by atoms with Gasteiger partial charge in [0, 0.05) is 31.3 Å². The maximum absolute atomic E-state index is 12.4. The Hall–Kier alpha value is -2.38. The van der Waals surface area contributed by atoms with Crippen LogP contribution < -0.4 is 5.32 Å². The number of nitrogens with zero attached hydrogens (tertiary/aromatic N) is 3. The third-order valence-corrected chi connectivity index (χ3v) is 5.14. The molecule has 8 nitrogen and oxygen atoms in total. The molecule has 0 spiro atoms. The SMILES string of the molecule is CC1CCC(N2C[C@@H](C(=O)Nc3ccn(CC(=O)O)n3)CC2=O)CC1. The molecule has 1 aromatic heterocycles. The molecule has 1 aromatic rings. The van der Waals surface area contributed by atoms with E-state index in [0.29, 0.717) is 18.3 Å². The molecule has 0 radical (unpaired) electrons. The van der Waals surface area contributed by atoms with Gasteiger partial charge in [-0.15, -0.1) is 0 Å². The van der Waals surface area contributed by atoms with Crippen LogP contribution in [-0.4, -0.2) is 50.2 Å². The predicted molar refractivity (Wildman–Crippen MR) is 89.7 cm³/mol. The lowest BCUT2D eigenvalue weighted by Gasteiger charge is -2.33. The number of carboxylic acid groups (broad SMARTS) is 1. The van der Waals surface area contributed by atoms with Gasteiger partial charge in [0.2, 0.25) is 11.8 Å². The van der Waals surface area contributed by atoms with Gasteiger partial charge in [0.05, 0.1) is 5.92 Å². The first-order chi connectivity index (χ1) is 11.9. The molecule has 2 amide bonds. The van der Waals surface area contributed by atoms with E-state index in [1.54, 1.807) is 6.07 Å². The molecule has 1 aliphatic heterocycles. The van der Waals surface area contributed by atoms with Crippen molar-refractivity contribution in [2.45, 2.75) is 51.6 Å². The first-order valence-electron chi connectivity index (χ1n) is 8.78. The van der Waals surface area contributed by atoms with Crippen LogP contribution >= 0.6 is 0 Å². The third kappa shape index (κ3) is 4.18. The molecule has 1 aliphatic carbocycles. The summed E-state index contributed by atoms with van der Waals surface area (Å²) in [6, 6.07) is 1.81. The molecule has 25 heavy (non-hydrogen) atoms. The number of hydrogen-bond donors (Lipinski definition) is 2. The summed E-state index contributed by atoms with van der Waals surface area (Å²) < 4.78 is 1.24. The van der Waals surface area contributed by atoms with E-state index in [9.17, 15) is 14.4 Å². The van der Waals surface area contributed by atoms with Crippen LogP contribution in [0.4, 0.5) is 5.82 Å². The second-order valence-electron chi connectivity index (χ2n) is 7.14. The molecule has 8 heteroatoms. The Balaban J connectivity index is 1.55. The van der Waals surface area contributed by atoms with Crippen molar-refractivity contribution in [2.24, 2.45) is 11.8 Å². The van der Waals surface area contributed by atoms with E-state index in [1.807, 2.05) is 4.90 Å². The maximum atomic E-state index is 12.4. The number of nitrogens with one attached hydrogen (secondary N) is 1. The third-order valence-electron chi connectivity index (χ3n) is 5.14. The molecule has 3 rings (SSSR count). The number of amides is 2. The standard InChI is InChI=1S/C17H24N4O4/c1-11-2-4-13(5-3-11)21-9-12(8-15(21)22)17(25)18-14-6-7-20(19-14)10-16(23)24/h6-7,11-13H,2-5,8-10H2,1H3,(H,23,24)(H,18,19,25)/t11?,12-,13?/m0/s1. The highest BCUT2D eigenvalue weighted by Gasteiger charge is 2.38. The van der Waals surface area contributed by atoms with Crippen molar-refractivity contribution in [1.82, 2.24) is 14.7 Å². The number of rotatable bonds is 5. The first-order valence-corrected chi connectivity index (χ1v) is 8.78. The number of carboxylic acids is 1. The quantitative estimate of drug-likeness (QED) is 0.835. The summed E-state index contributed by atoms with van der Waals surface area (Å²) in [7, 11) is 0. The molecule has 1 saturated heterocycles. The summed E-state index contributed by atoms with van der Waals surface area (Å²) >= 11 is 0. The zero-order valence-electron chi connectivity index (χ0n) is 14.4. The van der Waals surface area contributed by atoms with E-state index in [4.69, 9.17) is 5.11 Å². The fourth-order valence-electron chi connectivity index (χ4n) is 3.70. The van der Waals surface area contributed by atoms with Gasteiger partial charge < -0.3 is 15.3 Å². The van der Waals surface area contributed by atoms with Crippen molar-refractivity contribution >= 4 is 23.6 Å². The lowest BCUT2D eigenvalue weighted by molar-refractivity contribution is -0.138. The number of carbonyl (C=O) groups is 3. The molecular weight excluding hydrogens is 324 g/mol. The Kier molecular flexibility index (Phi) is 5.06. The van der Waals surface area contributed by atoms with Crippen LogP contribution in [0.3, 0.4) is 0 Å². The van der Waals surface area contributed by atoms with Crippen molar-refractivity contribution in [3.63, 3.8) is 0 Å². The average Bonchev–Trinajstić information content (AvgIpc) is 3.14. The van der Waals surface area contributed by atoms with Gasteiger partial charge in [0.1, 0.15) is 6.54 Å². The summed E-state index contributed by atoms with van der Waals surface area (Å²) in [4.78, 5) is 37.3. The van der Waals surface area contributed by atoms with Gasteiger partial charge in [-0.05, 0) is 31.6 Å². The van der Waals surface area contributed by atoms with Crippen LogP contribution in [0.1, 0.15) is 39.0 Å². The molecule has 2 aliphatic rings. The van der Waals surface area contributed by atoms with Gasteiger partial charge in [-0.3, -0.25) is 19.1 Å². The summed E-state index contributed by atoms with van der Waals surface area (Å²) in [6.45, 7) is 2.44. The number of likely N-dealkylation sites (tertiary alicyclic amines) is 1. The number of carbonyl (C=O) groups excluding carboxylic acids is 2. The zero-order chi connectivity index (χ0) is 18.0. The minimum Gasteiger partial charge on any atom is -0.480 e. The van der Waals surface area contributed by atoms with Crippen LogP contribution in [0.5, 0.6) is 0 Å². The monoisotopic (exact) mass is 348 g/mol. The van der Waals surface area contributed by atoms with Crippen molar-refractivity contribution in [3.05, 3.63) is 12.3 Å². The van der Waals surface area contributed by atoms with Crippen LogP contribution in [0, 0.1) is 11.8 Å². The Morgan fingerprint density at radius 1 is 1.32 bits per heavy atom. The van der Waals surface area contributed by atoms with E-state index in [1.165, 1.54) is 10.9 Å². The second-order valence-corrected chi connectivity index (χ2v) is 7.14. The van der Waals surface area contributed by atoms with E-state index in [-0.39, 0.29) is 36.7 Å². The number of hydrogen-bond acceptors (Lipinski definition) is 4. The number of aromatic nitrogens is 2. The second kappa shape index (κ2) is 7.25. The molecule has 1 saturated carbocycles. The highest BCUT2D eigenvalue weighted by Crippen LogP contribution is 2.31. The molecule has 0 bridgehead atoms. The fourth-order valence-corrected chi connectivity index (χ4v) is 3.70. The minimum absolute atomic E-state index is 0.0520. The minimum atomic E-state index is -1.00. The Labute approximate surface area is 146 Å². The zero-order valence-corrected chi connectivity index (χ0v) is 14.4. The summed E-state index contributed by atoms with van der Waals surface area (Å²) in [5, 5.41) is 15.4. The predicted octanol–water partition coefficient (Wildman–Crippen LogP) is 1.33. The maximum Gasteiger partial charge on any atom is 0.325 e.